The van der Waals surface area contributed by atoms with E-state index in [1.54, 1.807) is 0 Å². The average Bonchev–Trinajstić information content (AvgIpc) is 2.84. The molecule has 7 nitrogen and oxygen atoms in total. The zero-order chi connectivity index (χ0) is 23.3. The third-order valence-corrected chi connectivity index (χ3v) is 8.31. The predicted molar refractivity (Wildman–Crippen MR) is 128 cm³/mol. The highest BCUT2D eigenvalue weighted by Crippen LogP contribution is 2.24. The van der Waals surface area contributed by atoms with Crippen LogP contribution < -0.4 is 5.32 Å². The molecule has 33 heavy (non-hydrogen) atoms. The van der Waals surface area contributed by atoms with Crippen LogP contribution >= 0.6 is 11.6 Å². The molecule has 1 N–H and O–H groups in total. The number of benzene rings is 2. The van der Waals surface area contributed by atoms with Gasteiger partial charge in [0.15, 0.2) is 0 Å². The molecule has 4 rings (SSSR count). The van der Waals surface area contributed by atoms with E-state index in [1.807, 2.05) is 12.1 Å². The Bertz CT molecular complexity index is 1080. The maximum Gasteiger partial charge on any atom is 0.253 e. The Balaban J connectivity index is 1.42. The molecule has 2 heterocycles. The van der Waals surface area contributed by atoms with E-state index in [-0.39, 0.29) is 15.5 Å². The molecule has 9 heteroatoms. The number of hydrogen-bond acceptors (Lipinski definition) is 5. The van der Waals surface area contributed by atoms with Crippen LogP contribution in [0.15, 0.2) is 47.4 Å². The molecular weight excluding hydrogens is 462 g/mol. The molecule has 2 fully saturated rings. The molecule has 2 saturated heterocycles. The lowest BCUT2D eigenvalue weighted by atomic mass is 10.1. The molecule has 0 radical (unpaired) electrons. The summed E-state index contributed by atoms with van der Waals surface area (Å²) < 4.78 is 32.5. The van der Waals surface area contributed by atoms with Gasteiger partial charge in [0, 0.05) is 26.2 Å². The van der Waals surface area contributed by atoms with Crippen LogP contribution in [0.25, 0.3) is 0 Å². The topological polar surface area (TPSA) is 79.0 Å². The lowest BCUT2D eigenvalue weighted by molar-refractivity contribution is 0.0730. The molecule has 1 amide bonds. The molecule has 2 aromatic rings. The maximum absolute atomic E-state index is 12.9. The average molecular weight is 492 g/mol. The molecule has 0 atom stereocenters. The van der Waals surface area contributed by atoms with Crippen molar-refractivity contribution in [3.63, 3.8) is 0 Å². The number of carbonyl (C=O) groups is 1. The van der Waals surface area contributed by atoms with Gasteiger partial charge in [-0.3, -0.25) is 9.69 Å². The van der Waals surface area contributed by atoms with Crippen LogP contribution in [0.3, 0.4) is 0 Å². The van der Waals surface area contributed by atoms with E-state index in [9.17, 15) is 13.2 Å². The highest BCUT2D eigenvalue weighted by molar-refractivity contribution is 7.89. The van der Waals surface area contributed by atoms with Crippen LogP contribution in [0.4, 0.5) is 0 Å². The summed E-state index contributed by atoms with van der Waals surface area (Å²) in [5, 5.41) is 3.09. The van der Waals surface area contributed by atoms with Gasteiger partial charge in [0.2, 0.25) is 10.0 Å². The normalized spacial score (nSPS) is 18.2. The number of ether oxygens (including phenoxy) is 1. The van der Waals surface area contributed by atoms with Gasteiger partial charge in [-0.1, -0.05) is 42.3 Å². The minimum atomic E-state index is -3.71. The smallest absolute Gasteiger partial charge is 0.253 e. The van der Waals surface area contributed by atoms with Crippen LogP contribution in [-0.2, 0) is 27.8 Å². The fourth-order valence-electron chi connectivity index (χ4n) is 4.27. The van der Waals surface area contributed by atoms with Crippen molar-refractivity contribution in [2.75, 3.05) is 39.4 Å². The monoisotopic (exact) mass is 491 g/mol. The Morgan fingerprint density at radius 2 is 1.70 bits per heavy atom. The summed E-state index contributed by atoms with van der Waals surface area (Å²) >= 11 is 6.25. The Kier molecular flexibility index (Phi) is 8.03. The second-order valence-electron chi connectivity index (χ2n) is 8.50. The Morgan fingerprint density at radius 1 is 0.970 bits per heavy atom. The summed E-state index contributed by atoms with van der Waals surface area (Å²) in [5.41, 5.74) is 2.36. The molecule has 0 aromatic heterocycles. The highest BCUT2D eigenvalue weighted by Gasteiger charge is 2.27. The highest BCUT2D eigenvalue weighted by atomic mass is 35.5. The number of carbonyl (C=O) groups excluding carboxylic acids is 1. The molecule has 2 aromatic carbocycles. The van der Waals surface area contributed by atoms with Crippen molar-refractivity contribution in [2.24, 2.45) is 0 Å². The number of likely N-dealkylation sites (tertiary alicyclic amines) is 1. The van der Waals surface area contributed by atoms with E-state index in [2.05, 4.69) is 22.3 Å². The van der Waals surface area contributed by atoms with E-state index in [0.717, 1.165) is 25.2 Å². The van der Waals surface area contributed by atoms with Gasteiger partial charge in [-0.2, -0.15) is 4.31 Å². The summed E-state index contributed by atoms with van der Waals surface area (Å²) in [6.07, 6.45) is 3.80. The summed E-state index contributed by atoms with van der Waals surface area (Å²) in [4.78, 5) is 15.4. The first-order valence-corrected chi connectivity index (χ1v) is 13.2. The number of halogens is 1. The molecule has 178 valence electrons. The van der Waals surface area contributed by atoms with Crippen molar-refractivity contribution < 1.29 is 17.9 Å². The van der Waals surface area contributed by atoms with E-state index in [4.69, 9.17) is 16.3 Å². The first-order valence-electron chi connectivity index (χ1n) is 11.4. The standard InChI is InChI=1S/C24H30ClN3O4S/c25-23-8-7-21(33(30,31)28-11-13-32-14-12-28)16-22(23)24(29)26-17-19-5-4-6-20(15-19)18-27-9-2-1-3-10-27/h4-8,15-16H,1-3,9-14,17-18H2,(H,26,29). The van der Waals surface area contributed by atoms with Crippen LogP contribution in [0.2, 0.25) is 5.02 Å². The zero-order valence-electron chi connectivity index (χ0n) is 18.6. The fraction of sp³-hybridized carbons (Fsp3) is 0.458. The second-order valence-corrected chi connectivity index (χ2v) is 10.8. The third kappa shape index (κ3) is 6.13. The Morgan fingerprint density at radius 3 is 2.45 bits per heavy atom. The van der Waals surface area contributed by atoms with Gasteiger partial charge in [0.1, 0.15) is 0 Å². The number of piperidine rings is 1. The molecule has 0 aliphatic carbocycles. The molecule has 0 saturated carbocycles. The van der Waals surface area contributed by atoms with Crippen molar-refractivity contribution in [3.05, 3.63) is 64.2 Å². The Hall–Kier alpha value is -1.97. The molecule has 0 spiro atoms. The van der Waals surface area contributed by atoms with E-state index in [1.165, 1.54) is 47.3 Å². The van der Waals surface area contributed by atoms with Crippen molar-refractivity contribution in [1.82, 2.24) is 14.5 Å². The summed E-state index contributed by atoms with van der Waals surface area (Å²) in [7, 11) is -3.71. The summed E-state index contributed by atoms with van der Waals surface area (Å²) in [5.74, 6) is -0.402. The molecule has 0 bridgehead atoms. The Labute approximate surface area is 200 Å². The lowest BCUT2D eigenvalue weighted by Crippen LogP contribution is -2.40. The van der Waals surface area contributed by atoms with Crippen LogP contribution in [0, 0.1) is 0 Å². The number of rotatable bonds is 7. The summed E-state index contributed by atoms with van der Waals surface area (Å²) in [6.45, 7) is 4.80. The maximum atomic E-state index is 12.9. The number of sulfonamides is 1. The van der Waals surface area contributed by atoms with Crippen LogP contribution in [0.5, 0.6) is 0 Å². The van der Waals surface area contributed by atoms with Gasteiger partial charge in [-0.25, -0.2) is 8.42 Å². The van der Waals surface area contributed by atoms with Gasteiger partial charge < -0.3 is 10.1 Å². The lowest BCUT2D eigenvalue weighted by Gasteiger charge is -2.26. The number of nitrogens with zero attached hydrogens (tertiary/aromatic N) is 2. The van der Waals surface area contributed by atoms with Crippen molar-refractivity contribution in [3.8, 4) is 0 Å². The second kappa shape index (κ2) is 11.0. The van der Waals surface area contributed by atoms with Crippen LogP contribution in [-0.4, -0.2) is 62.9 Å². The van der Waals surface area contributed by atoms with Gasteiger partial charge in [-0.15, -0.1) is 0 Å². The van der Waals surface area contributed by atoms with Gasteiger partial charge >= 0.3 is 0 Å². The van der Waals surface area contributed by atoms with E-state index < -0.39 is 15.9 Å². The van der Waals surface area contributed by atoms with Crippen molar-refractivity contribution in [1.29, 1.82) is 0 Å². The molecule has 2 aliphatic heterocycles. The van der Waals surface area contributed by atoms with Gasteiger partial charge in [0.25, 0.3) is 5.91 Å². The zero-order valence-corrected chi connectivity index (χ0v) is 20.2. The van der Waals surface area contributed by atoms with Gasteiger partial charge in [0.05, 0.1) is 28.7 Å². The minimum Gasteiger partial charge on any atom is -0.379 e. The van der Waals surface area contributed by atoms with Crippen molar-refractivity contribution >= 4 is 27.5 Å². The number of nitrogens with one attached hydrogen (secondary N) is 1. The summed E-state index contributed by atoms with van der Waals surface area (Å²) in [6, 6.07) is 12.4. The fourth-order valence-corrected chi connectivity index (χ4v) is 5.90. The molecular formula is C24H30ClN3O4S. The first-order chi connectivity index (χ1) is 15.9. The third-order valence-electron chi connectivity index (χ3n) is 6.09. The number of hydrogen-bond donors (Lipinski definition) is 1. The predicted octanol–water partition coefficient (Wildman–Crippen LogP) is 3.28. The minimum absolute atomic E-state index is 0.0579. The largest absolute Gasteiger partial charge is 0.379 e. The van der Waals surface area contributed by atoms with Crippen LogP contribution in [0.1, 0.15) is 40.7 Å². The van der Waals surface area contributed by atoms with Crippen molar-refractivity contribution in [2.45, 2.75) is 37.2 Å². The first kappa shape index (κ1) is 24.2. The molecule has 0 unspecified atom stereocenters. The van der Waals surface area contributed by atoms with E-state index in [0.29, 0.717) is 32.8 Å². The van der Waals surface area contributed by atoms with E-state index >= 15 is 0 Å². The molecule has 2 aliphatic rings. The van der Waals surface area contributed by atoms with Gasteiger partial charge in [-0.05, 0) is 55.3 Å². The quantitative estimate of drug-likeness (QED) is 0.643. The number of morpholine rings is 1. The SMILES string of the molecule is O=C(NCc1cccc(CN2CCCCC2)c1)c1cc(S(=O)(=O)N2CCOCC2)ccc1Cl. The number of amides is 1.